The standard InChI is InChI=1S/C15H27N3O2/c1-4-12-14(19)16-13(11-7-8-11)15(20)18(12)10-6-5-9-17(2)3/h11-13H,4-10H2,1-3H3,(H,16,19). The Balaban J connectivity index is 1.93. The molecule has 0 spiro atoms. The molecule has 1 saturated carbocycles. The quantitative estimate of drug-likeness (QED) is 0.704. The molecule has 0 aromatic heterocycles. The summed E-state index contributed by atoms with van der Waals surface area (Å²) in [5.74, 6) is 0.564. The van der Waals surface area contributed by atoms with Crippen molar-refractivity contribution >= 4 is 11.8 Å². The molecule has 1 saturated heterocycles. The second kappa shape index (κ2) is 6.57. The molecule has 2 aliphatic rings. The summed E-state index contributed by atoms with van der Waals surface area (Å²) in [6.45, 7) is 3.71. The molecule has 2 fully saturated rings. The summed E-state index contributed by atoms with van der Waals surface area (Å²) in [4.78, 5) is 28.7. The monoisotopic (exact) mass is 281 g/mol. The Bertz CT molecular complexity index is 366. The largest absolute Gasteiger partial charge is 0.342 e. The molecule has 114 valence electrons. The maximum atomic E-state index is 12.6. The SMILES string of the molecule is CCC1C(=O)NC(C2CC2)C(=O)N1CCCCN(C)C. The van der Waals surface area contributed by atoms with Crippen molar-refractivity contribution in [3.8, 4) is 0 Å². The zero-order chi connectivity index (χ0) is 14.7. The highest BCUT2D eigenvalue weighted by molar-refractivity contribution is 5.97. The zero-order valence-corrected chi connectivity index (χ0v) is 12.9. The highest BCUT2D eigenvalue weighted by Gasteiger charge is 2.45. The lowest BCUT2D eigenvalue weighted by atomic mass is 10.0. The van der Waals surface area contributed by atoms with Crippen LogP contribution in [0, 0.1) is 5.92 Å². The minimum Gasteiger partial charge on any atom is -0.342 e. The molecule has 1 heterocycles. The molecule has 2 rings (SSSR count). The van der Waals surface area contributed by atoms with E-state index in [4.69, 9.17) is 0 Å². The van der Waals surface area contributed by atoms with Crippen molar-refractivity contribution < 1.29 is 9.59 Å². The van der Waals surface area contributed by atoms with Gasteiger partial charge in [-0.15, -0.1) is 0 Å². The van der Waals surface area contributed by atoms with Crippen molar-refractivity contribution in [2.24, 2.45) is 5.92 Å². The van der Waals surface area contributed by atoms with Crippen molar-refractivity contribution in [1.82, 2.24) is 15.1 Å². The third-order valence-electron chi connectivity index (χ3n) is 4.26. The lowest BCUT2D eigenvalue weighted by Gasteiger charge is -2.39. The average molecular weight is 281 g/mol. The van der Waals surface area contributed by atoms with Crippen LogP contribution in [0.1, 0.15) is 39.0 Å². The number of carbonyl (C=O) groups excluding carboxylic acids is 2. The molecule has 0 aromatic rings. The second-order valence-electron chi connectivity index (χ2n) is 6.29. The molecule has 0 radical (unpaired) electrons. The topological polar surface area (TPSA) is 52.7 Å². The lowest BCUT2D eigenvalue weighted by molar-refractivity contribution is -0.150. The van der Waals surface area contributed by atoms with Gasteiger partial charge in [0, 0.05) is 6.54 Å². The number of carbonyl (C=O) groups is 2. The molecule has 5 heteroatoms. The van der Waals surface area contributed by atoms with Gasteiger partial charge in [-0.1, -0.05) is 6.92 Å². The second-order valence-corrected chi connectivity index (χ2v) is 6.29. The summed E-state index contributed by atoms with van der Waals surface area (Å²) in [5, 5.41) is 2.93. The van der Waals surface area contributed by atoms with Crippen LogP contribution in [0.5, 0.6) is 0 Å². The van der Waals surface area contributed by atoms with E-state index >= 15 is 0 Å². The molecule has 2 atom stereocenters. The van der Waals surface area contributed by atoms with Gasteiger partial charge in [-0.2, -0.15) is 0 Å². The predicted octanol–water partition coefficient (Wildman–Crippen LogP) is 0.844. The average Bonchev–Trinajstić information content (AvgIpc) is 3.22. The Morgan fingerprint density at radius 1 is 1.25 bits per heavy atom. The van der Waals surface area contributed by atoms with Crippen LogP contribution < -0.4 is 5.32 Å². The maximum absolute atomic E-state index is 12.6. The number of hydrogen-bond acceptors (Lipinski definition) is 3. The minimum atomic E-state index is -0.267. The van der Waals surface area contributed by atoms with Crippen LogP contribution >= 0.6 is 0 Å². The highest BCUT2D eigenvalue weighted by Crippen LogP contribution is 2.35. The van der Waals surface area contributed by atoms with Gasteiger partial charge in [-0.05, 0) is 58.7 Å². The minimum absolute atomic E-state index is 0.0385. The van der Waals surface area contributed by atoms with Crippen LogP contribution in [0.2, 0.25) is 0 Å². The first-order valence-electron chi connectivity index (χ1n) is 7.80. The van der Waals surface area contributed by atoms with Gasteiger partial charge in [-0.25, -0.2) is 0 Å². The fraction of sp³-hybridized carbons (Fsp3) is 0.867. The summed E-state index contributed by atoms with van der Waals surface area (Å²) < 4.78 is 0. The van der Waals surface area contributed by atoms with E-state index in [1.807, 2.05) is 11.8 Å². The molecular weight excluding hydrogens is 254 g/mol. The smallest absolute Gasteiger partial charge is 0.246 e. The molecule has 0 aromatic carbocycles. The number of nitrogens with one attached hydrogen (secondary N) is 1. The Labute approximate surface area is 121 Å². The fourth-order valence-electron chi connectivity index (χ4n) is 2.92. The molecule has 5 nitrogen and oxygen atoms in total. The van der Waals surface area contributed by atoms with Crippen LogP contribution in [0.25, 0.3) is 0 Å². The van der Waals surface area contributed by atoms with E-state index in [9.17, 15) is 9.59 Å². The summed E-state index contributed by atoms with van der Waals surface area (Å²) in [7, 11) is 4.11. The molecular formula is C15H27N3O2. The lowest BCUT2D eigenvalue weighted by Crippen LogP contribution is -2.63. The van der Waals surface area contributed by atoms with E-state index < -0.39 is 0 Å². The van der Waals surface area contributed by atoms with Gasteiger partial charge in [0.05, 0.1) is 0 Å². The molecule has 1 N–H and O–H groups in total. The van der Waals surface area contributed by atoms with Crippen molar-refractivity contribution in [2.75, 3.05) is 27.2 Å². The molecule has 0 bridgehead atoms. The number of nitrogens with zero attached hydrogens (tertiary/aromatic N) is 2. The van der Waals surface area contributed by atoms with Crippen LogP contribution in [-0.4, -0.2) is 60.9 Å². The summed E-state index contributed by atoms with van der Waals surface area (Å²) in [6, 6.07) is -0.518. The Morgan fingerprint density at radius 2 is 1.95 bits per heavy atom. The van der Waals surface area contributed by atoms with Crippen LogP contribution in [0.15, 0.2) is 0 Å². The van der Waals surface area contributed by atoms with E-state index in [1.165, 1.54) is 0 Å². The summed E-state index contributed by atoms with van der Waals surface area (Å²) in [6.07, 6.45) is 4.86. The normalized spacial score (nSPS) is 27.1. The number of unbranched alkanes of at least 4 members (excludes halogenated alkanes) is 1. The fourth-order valence-corrected chi connectivity index (χ4v) is 2.92. The van der Waals surface area contributed by atoms with Gasteiger partial charge in [0.2, 0.25) is 11.8 Å². The highest BCUT2D eigenvalue weighted by atomic mass is 16.2. The molecule has 20 heavy (non-hydrogen) atoms. The van der Waals surface area contributed by atoms with Crippen molar-refractivity contribution in [3.05, 3.63) is 0 Å². The van der Waals surface area contributed by atoms with E-state index in [0.29, 0.717) is 18.9 Å². The maximum Gasteiger partial charge on any atom is 0.246 e. The number of amides is 2. The van der Waals surface area contributed by atoms with Crippen LogP contribution in [0.3, 0.4) is 0 Å². The van der Waals surface area contributed by atoms with E-state index in [1.54, 1.807) is 0 Å². The first kappa shape index (κ1) is 15.3. The van der Waals surface area contributed by atoms with Crippen molar-refractivity contribution in [1.29, 1.82) is 0 Å². The van der Waals surface area contributed by atoms with Crippen LogP contribution in [0.4, 0.5) is 0 Å². The Morgan fingerprint density at radius 3 is 2.50 bits per heavy atom. The van der Waals surface area contributed by atoms with Gasteiger partial charge < -0.3 is 15.1 Å². The van der Waals surface area contributed by atoms with Gasteiger partial charge in [-0.3, -0.25) is 9.59 Å². The van der Waals surface area contributed by atoms with E-state index in [2.05, 4.69) is 24.3 Å². The van der Waals surface area contributed by atoms with Gasteiger partial charge >= 0.3 is 0 Å². The number of rotatable bonds is 7. The first-order chi connectivity index (χ1) is 9.54. The number of hydrogen-bond donors (Lipinski definition) is 1. The van der Waals surface area contributed by atoms with Gasteiger partial charge in [0.25, 0.3) is 0 Å². The number of piperazine rings is 1. The molecule has 2 unspecified atom stereocenters. The summed E-state index contributed by atoms with van der Waals surface area (Å²) in [5.41, 5.74) is 0. The molecule has 2 amide bonds. The third-order valence-corrected chi connectivity index (χ3v) is 4.26. The summed E-state index contributed by atoms with van der Waals surface area (Å²) >= 11 is 0. The first-order valence-corrected chi connectivity index (χ1v) is 7.80. The van der Waals surface area contributed by atoms with Gasteiger partial charge in [0.1, 0.15) is 12.1 Å². The molecule has 1 aliphatic heterocycles. The Hall–Kier alpha value is -1.10. The van der Waals surface area contributed by atoms with Gasteiger partial charge in [0.15, 0.2) is 0 Å². The van der Waals surface area contributed by atoms with Crippen molar-refractivity contribution in [3.63, 3.8) is 0 Å². The van der Waals surface area contributed by atoms with E-state index in [0.717, 1.165) is 32.2 Å². The third kappa shape index (κ3) is 3.51. The molecule has 1 aliphatic carbocycles. The Kier molecular flexibility index (Phi) is 5.02. The van der Waals surface area contributed by atoms with Crippen LogP contribution in [-0.2, 0) is 9.59 Å². The van der Waals surface area contributed by atoms with E-state index in [-0.39, 0.29) is 23.9 Å². The predicted molar refractivity (Wildman–Crippen MR) is 78.2 cm³/mol. The zero-order valence-electron chi connectivity index (χ0n) is 12.9. The van der Waals surface area contributed by atoms with Crippen molar-refractivity contribution in [2.45, 2.75) is 51.1 Å².